The molecule has 132 valence electrons. The maximum absolute atomic E-state index is 13.2. The van der Waals surface area contributed by atoms with E-state index in [9.17, 15) is 18.0 Å². The van der Waals surface area contributed by atoms with Gasteiger partial charge in [0.05, 0.1) is 5.02 Å². The summed E-state index contributed by atoms with van der Waals surface area (Å²) in [5.74, 6) is -0.840. The number of carbonyl (C=O) groups is 1. The summed E-state index contributed by atoms with van der Waals surface area (Å²) in [7, 11) is 0. The van der Waals surface area contributed by atoms with Crippen molar-refractivity contribution in [1.29, 1.82) is 0 Å². The van der Waals surface area contributed by atoms with Gasteiger partial charge in [0.25, 0.3) is 5.91 Å². The van der Waals surface area contributed by atoms with E-state index in [-0.39, 0.29) is 12.0 Å². The van der Waals surface area contributed by atoms with Crippen molar-refractivity contribution in [2.45, 2.75) is 31.0 Å². The van der Waals surface area contributed by atoms with Crippen LogP contribution in [0.4, 0.5) is 13.2 Å². The van der Waals surface area contributed by atoms with Gasteiger partial charge in [-0.2, -0.15) is 13.2 Å². The number of amides is 1. The summed E-state index contributed by atoms with van der Waals surface area (Å²) in [5.41, 5.74) is -0.936. The molecule has 2 atom stereocenters. The highest BCUT2D eigenvalue weighted by Gasteiger charge is 2.40. The molecule has 1 N–H and O–H groups in total. The molecule has 1 aliphatic carbocycles. The summed E-state index contributed by atoms with van der Waals surface area (Å²) in [5, 5.41) is 2.70. The molecule has 0 aliphatic heterocycles. The molecule has 25 heavy (non-hydrogen) atoms. The van der Waals surface area contributed by atoms with Crippen molar-refractivity contribution in [3.63, 3.8) is 0 Å². The van der Waals surface area contributed by atoms with Gasteiger partial charge in [0.15, 0.2) is 0 Å². The van der Waals surface area contributed by atoms with Crippen molar-refractivity contribution in [2.24, 2.45) is 0 Å². The number of halogens is 5. The molecular formula is C17H13Cl2F3N2O. The topological polar surface area (TPSA) is 42.0 Å². The minimum atomic E-state index is -4.76. The Balaban J connectivity index is 1.79. The summed E-state index contributed by atoms with van der Waals surface area (Å²) >= 11 is 11.5. The summed E-state index contributed by atoms with van der Waals surface area (Å²) in [4.78, 5) is 15.9. The predicted octanol–water partition coefficient (Wildman–Crippen LogP) is 5.08. The molecule has 8 heteroatoms. The van der Waals surface area contributed by atoms with Crippen LogP contribution in [0, 0.1) is 0 Å². The molecule has 2 aromatic rings. The maximum Gasteiger partial charge on any atom is 0.420 e. The largest absolute Gasteiger partial charge is 0.420 e. The second-order valence-corrected chi connectivity index (χ2v) is 6.67. The highest BCUT2D eigenvalue weighted by Crippen LogP contribution is 2.39. The van der Waals surface area contributed by atoms with Crippen LogP contribution in [0.25, 0.3) is 0 Å². The van der Waals surface area contributed by atoms with Crippen LogP contribution >= 0.6 is 23.2 Å². The van der Waals surface area contributed by atoms with Gasteiger partial charge in [0.1, 0.15) is 11.3 Å². The van der Waals surface area contributed by atoms with E-state index in [0.717, 1.165) is 24.2 Å². The third-order valence-electron chi connectivity index (χ3n) is 4.29. The molecule has 1 aromatic heterocycles. The Kier molecular flexibility index (Phi) is 4.93. The zero-order chi connectivity index (χ0) is 18.2. The lowest BCUT2D eigenvalue weighted by Gasteiger charge is -2.37. The lowest BCUT2D eigenvalue weighted by atomic mass is 9.75. The molecule has 0 saturated heterocycles. The second kappa shape index (κ2) is 6.84. The molecule has 0 unspecified atom stereocenters. The Morgan fingerprint density at radius 2 is 1.80 bits per heavy atom. The van der Waals surface area contributed by atoms with Crippen LogP contribution in [0.2, 0.25) is 10.0 Å². The van der Waals surface area contributed by atoms with Crippen LogP contribution in [0.3, 0.4) is 0 Å². The zero-order valence-corrected chi connectivity index (χ0v) is 14.3. The number of nitrogens with zero attached hydrogens (tertiary/aromatic N) is 1. The van der Waals surface area contributed by atoms with E-state index in [2.05, 4.69) is 10.3 Å². The van der Waals surface area contributed by atoms with Gasteiger partial charge in [-0.05, 0) is 36.6 Å². The Hall–Kier alpha value is -1.79. The smallest absolute Gasteiger partial charge is 0.347 e. The Morgan fingerprint density at radius 1 is 1.12 bits per heavy atom. The molecule has 1 aromatic carbocycles. The molecule has 1 aliphatic rings. The minimum Gasteiger partial charge on any atom is -0.347 e. The number of rotatable bonds is 3. The molecular weight excluding hydrogens is 376 g/mol. The van der Waals surface area contributed by atoms with E-state index in [4.69, 9.17) is 23.2 Å². The first kappa shape index (κ1) is 18.0. The number of hydrogen-bond donors (Lipinski definition) is 1. The number of alkyl halides is 3. The number of nitrogens with one attached hydrogen (secondary N) is 1. The third-order valence-corrected chi connectivity index (χ3v) is 4.85. The van der Waals surface area contributed by atoms with E-state index in [1.54, 1.807) is 12.1 Å². The fraction of sp³-hybridized carbons (Fsp3) is 0.294. The highest BCUT2D eigenvalue weighted by molar-refractivity contribution is 6.32. The number of carbonyl (C=O) groups excluding carboxylic acids is 1. The van der Waals surface area contributed by atoms with Crippen molar-refractivity contribution in [1.82, 2.24) is 10.3 Å². The second-order valence-electron chi connectivity index (χ2n) is 5.83. The average molecular weight is 389 g/mol. The fourth-order valence-corrected chi connectivity index (χ4v) is 3.28. The van der Waals surface area contributed by atoms with E-state index in [1.807, 2.05) is 12.1 Å². The van der Waals surface area contributed by atoms with Gasteiger partial charge >= 0.3 is 6.18 Å². The zero-order valence-electron chi connectivity index (χ0n) is 12.8. The summed E-state index contributed by atoms with van der Waals surface area (Å²) in [6, 6.07) is 7.95. The lowest BCUT2D eigenvalue weighted by molar-refractivity contribution is -0.138. The molecule has 0 spiro atoms. The first-order valence-corrected chi connectivity index (χ1v) is 8.31. The fourth-order valence-electron chi connectivity index (χ4n) is 2.90. The predicted molar refractivity (Wildman–Crippen MR) is 88.9 cm³/mol. The van der Waals surface area contributed by atoms with Crippen LogP contribution in [0.5, 0.6) is 0 Å². The molecule has 1 fully saturated rings. The van der Waals surface area contributed by atoms with Crippen molar-refractivity contribution >= 4 is 29.1 Å². The van der Waals surface area contributed by atoms with E-state index in [0.29, 0.717) is 11.4 Å². The maximum atomic E-state index is 13.2. The molecule has 0 radical (unpaired) electrons. The molecule has 1 amide bonds. The molecule has 3 nitrogen and oxygen atoms in total. The van der Waals surface area contributed by atoms with Crippen LogP contribution in [-0.2, 0) is 6.18 Å². The molecule has 1 heterocycles. The lowest BCUT2D eigenvalue weighted by Crippen LogP contribution is -2.46. The quantitative estimate of drug-likeness (QED) is 0.795. The molecule has 0 bridgehead atoms. The van der Waals surface area contributed by atoms with Crippen LogP contribution in [-0.4, -0.2) is 16.9 Å². The summed E-state index contributed by atoms with van der Waals surface area (Å²) in [6.07, 6.45) is -2.15. The first-order chi connectivity index (χ1) is 11.8. The normalized spacial score (nSPS) is 20.0. The van der Waals surface area contributed by atoms with Gasteiger partial charge in [-0.1, -0.05) is 35.3 Å². The monoisotopic (exact) mass is 388 g/mol. The molecule has 1 saturated carbocycles. The van der Waals surface area contributed by atoms with E-state index in [1.165, 1.54) is 0 Å². The van der Waals surface area contributed by atoms with Crippen LogP contribution < -0.4 is 5.32 Å². The number of hydrogen-bond acceptors (Lipinski definition) is 2. The van der Waals surface area contributed by atoms with Gasteiger partial charge in [0.2, 0.25) is 0 Å². The van der Waals surface area contributed by atoms with Gasteiger partial charge in [-0.3, -0.25) is 9.78 Å². The van der Waals surface area contributed by atoms with Gasteiger partial charge < -0.3 is 5.32 Å². The van der Waals surface area contributed by atoms with Crippen molar-refractivity contribution in [3.8, 4) is 0 Å². The summed E-state index contributed by atoms with van der Waals surface area (Å²) < 4.78 is 39.5. The van der Waals surface area contributed by atoms with Crippen LogP contribution in [0.1, 0.15) is 40.4 Å². The molecule has 3 rings (SSSR count). The van der Waals surface area contributed by atoms with Gasteiger partial charge in [0, 0.05) is 23.2 Å². The average Bonchev–Trinajstić information content (AvgIpc) is 2.52. The SMILES string of the molecule is O=C(N[C@H]1CC[C@H]1c1ccc(Cl)cc1)c1nccc(Cl)c1C(F)(F)F. The van der Waals surface area contributed by atoms with Gasteiger partial charge in [-0.25, -0.2) is 0 Å². The van der Waals surface area contributed by atoms with Gasteiger partial charge in [-0.15, -0.1) is 0 Å². The standard InChI is InChI=1S/C17H13Cl2F3N2O/c18-10-3-1-9(2-4-10)11-5-6-13(11)24-16(25)15-14(17(20,21)22)12(19)7-8-23-15/h1-4,7-8,11,13H,5-6H2,(H,24,25)/t11-,13-/m0/s1. The van der Waals surface area contributed by atoms with Crippen LogP contribution in [0.15, 0.2) is 36.5 Å². The Labute approximate surface area is 152 Å². The van der Waals surface area contributed by atoms with E-state index >= 15 is 0 Å². The minimum absolute atomic E-state index is 0.0368. The number of aromatic nitrogens is 1. The van der Waals surface area contributed by atoms with Crippen molar-refractivity contribution in [3.05, 3.63) is 63.4 Å². The number of benzene rings is 1. The summed E-state index contributed by atoms with van der Waals surface area (Å²) in [6.45, 7) is 0. The Morgan fingerprint density at radius 3 is 2.36 bits per heavy atom. The first-order valence-electron chi connectivity index (χ1n) is 7.55. The van der Waals surface area contributed by atoms with E-state index < -0.39 is 28.4 Å². The van der Waals surface area contributed by atoms with Crippen molar-refractivity contribution in [2.75, 3.05) is 0 Å². The number of pyridine rings is 1. The van der Waals surface area contributed by atoms with Crippen molar-refractivity contribution < 1.29 is 18.0 Å². The highest BCUT2D eigenvalue weighted by atomic mass is 35.5. The third kappa shape index (κ3) is 3.75. The Bertz CT molecular complexity index is 793.